The number of piperidine rings is 1. The first-order valence-electron chi connectivity index (χ1n) is 9.06. The van der Waals surface area contributed by atoms with Crippen LogP contribution in [0.2, 0.25) is 0 Å². The molecule has 0 bridgehead atoms. The maximum absolute atomic E-state index is 13.3. The van der Waals surface area contributed by atoms with Gasteiger partial charge in [-0.05, 0) is 75.8 Å². The molecule has 0 amide bonds. The van der Waals surface area contributed by atoms with E-state index in [4.69, 9.17) is 0 Å². The van der Waals surface area contributed by atoms with Crippen molar-refractivity contribution in [3.63, 3.8) is 0 Å². The quantitative estimate of drug-likeness (QED) is 0.928. The Morgan fingerprint density at radius 2 is 1.87 bits per heavy atom. The summed E-state index contributed by atoms with van der Waals surface area (Å²) in [5.41, 5.74) is 1.82. The molecule has 3 aliphatic rings. The summed E-state index contributed by atoms with van der Waals surface area (Å²) in [7, 11) is 0. The highest BCUT2D eigenvalue weighted by molar-refractivity contribution is 5.53. The second-order valence-electron chi connectivity index (χ2n) is 7.65. The van der Waals surface area contributed by atoms with Crippen molar-refractivity contribution < 1.29 is 9.50 Å². The summed E-state index contributed by atoms with van der Waals surface area (Å²) in [5, 5.41) is 10.5. The van der Waals surface area contributed by atoms with Gasteiger partial charge < -0.3 is 10.0 Å². The van der Waals surface area contributed by atoms with Gasteiger partial charge in [0, 0.05) is 30.9 Å². The number of nitrogens with zero attached hydrogens (tertiary/aromatic N) is 2. The first kappa shape index (κ1) is 15.4. The lowest BCUT2D eigenvalue weighted by molar-refractivity contribution is 0.0253. The summed E-state index contributed by atoms with van der Waals surface area (Å²) < 4.78 is 13.3. The molecule has 1 aromatic rings. The van der Waals surface area contributed by atoms with E-state index in [2.05, 4.69) is 9.80 Å². The fourth-order valence-electron chi connectivity index (χ4n) is 4.68. The van der Waals surface area contributed by atoms with Crippen molar-refractivity contribution in [1.82, 2.24) is 4.90 Å². The van der Waals surface area contributed by atoms with Crippen LogP contribution >= 0.6 is 0 Å². The SMILES string of the molecule is Cc1cc(F)ccc1N1CCC(N2CCCC2C2(O)CC2)CC1. The zero-order chi connectivity index (χ0) is 16.0. The first-order valence-corrected chi connectivity index (χ1v) is 9.06. The number of rotatable bonds is 3. The Morgan fingerprint density at radius 1 is 1.13 bits per heavy atom. The van der Waals surface area contributed by atoms with Gasteiger partial charge in [-0.2, -0.15) is 0 Å². The third-order valence-corrected chi connectivity index (χ3v) is 6.11. The molecule has 126 valence electrons. The number of hydrogen-bond donors (Lipinski definition) is 1. The maximum Gasteiger partial charge on any atom is 0.123 e. The fraction of sp³-hybridized carbons (Fsp3) is 0.684. The number of halogens is 1. The predicted molar refractivity (Wildman–Crippen MR) is 90.3 cm³/mol. The molecule has 0 radical (unpaired) electrons. The molecule has 1 unspecified atom stereocenters. The lowest BCUT2D eigenvalue weighted by atomic mass is 9.98. The van der Waals surface area contributed by atoms with Crippen molar-refractivity contribution >= 4 is 5.69 Å². The van der Waals surface area contributed by atoms with Crippen molar-refractivity contribution in [2.75, 3.05) is 24.5 Å². The molecular weight excluding hydrogens is 291 g/mol. The molecule has 2 aliphatic heterocycles. The molecule has 4 heteroatoms. The topological polar surface area (TPSA) is 26.7 Å². The van der Waals surface area contributed by atoms with Crippen LogP contribution in [0.1, 0.15) is 44.1 Å². The van der Waals surface area contributed by atoms with E-state index in [0.717, 1.165) is 57.3 Å². The molecule has 3 fully saturated rings. The molecule has 1 aromatic carbocycles. The molecule has 1 N–H and O–H groups in total. The first-order chi connectivity index (χ1) is 11.1. The Balaban J connectivity index is 1.41. The Labute approximate surface area is 138 Å². The van der Waals surface area contributed by atoms with E-state index in [-0.39, 0.29) is 11.4 Å². The Bertz CT molecular complexity index is 579. The van der Waals surface area contributed by atoms with Gasteiger partial charge in [-0.25, -0.2) is 4.39 Å². The number of aliphatic hydroxyl groups is 1. The minimum atomic E-state index is -0.374. The summed E-state index contributed by atoms with van der Waals surface area (Å²) in [5.74, 6) is -0.154. The number of aryl methyl sites for hydroxylation is 1. The second kappa shape index (κ2) is 5.75. The molecule has 2 heterocycles. The van der Waals surface area contributed by atoms with E-state index in [9.17, 15) is 9.50 Å². The van der Waals surface area contributed by atoms with Gasteiger partial charge in [0.2, 0.25) is 0 Å². The van der Waals surface area contributed by atoms with Gasteiger partial charge in [0.05, 0.1) is 5.60 Å². The zero-order valence-corrected chi connectivity index (χ0v) is 14.0. The summed E-state index contributed by atoms with van der Waals surface area (Å²) in [6, 6.07) is 6.10. The summed E-state index contributed by atoms with van der Waals surface area (Å²) >= 11 is 0. The van der Waals surface area contributed by atoms with Gasteiger partial charge in [-0.1, -0.05) is 0 Å². The maximum atomic E-state index is 13.3. The van der Waals surface area contributed by atoms with Gasteiger partial charge in [0.15, 0.2) is 0 Å². The van der Waals surface area contributed by atoms with E-state index in [1.54, 1.807) is 12.1 Å². The number of hydrogen-bond acceptors (Lipinski definition) is 3. The molecule has 2 saturated heterocycles. The smallest absolute Gasteiger partial charge is 0.123 e. The van der Waals surface area contributed by atoms with E-state index in [1.165, 1.54) is 12.1 Å². The largest absolute Gasteiger partial charge is 0.388 e. The van der Waals surface area contributed by atoms with Gasteiger partial charge in [-0.15, -0.1) is 0 Å². The number of benzene rings is 1. The third kappa shape index (κ3) is 2.87. The molecule has 1 atom stereocenters. The molecule has 3 nitrogen and oxygen atoms in total. The Hall–Kier alpha value is -1.13. The zero-order valence-electron chi connectivity index (χ0n) is 14.0. The predicted octanol–water partition coefficient (Wildman–Crippen LogP) is 3.09. The normalized spacial score (nSPS) is 28.3. The summed E-state index contributed by atoms with van der Waals surface area (Å²) in [4.78, 5) is 4.99. The van der Waals surface area contributed by atoms with Crippen LogP contribution in [0.4, 0.5) is 10.1 Å². The standard InChI is InChI=1S/C19H27FN2O/c1-14-13-15(20)4-5-17(14)21-11-6-16(7-12-21)22-10-2-3-18(22)19(23)8-9-19/h4-5,13,16,18,23H,2-3,6-12H2,1H3. The highest BCUT2D eigenvalue weighted by Gasteiger charge is 2.52. The highest BCUT2D eigenvalue weighted by atomic mass is 19.1. The molecule has 0 spiro atoms. The molecule has 0 aromatic heterocycles. The van der Waals surface area contributed by atoms with Gasteiger partial charge in [-0.3, -0.25) is 4.90 Å². The van der Waals surface area contributed by atoms with Crippen LogP contribution in [0.25, 0.3) is 0 Å². The molecule has 1 saturated carbocycles. The molecule has 23 heavy (non-hydrogen) atoms. The van der Waals surface area contributed by atoms with Crippen LogP contribution in [-0.4, -0.2) is 47.3 Å². The van der Waals surface area contributed by atoms with Gasteiger partial charge in [0.25, 0.3) is 0 Å². The van der Waals surface area contributed by atoms with Crippen LogP contribution in [0.3, 0.4) is 0 Å². The highest BCUT2D eigenvalue weighted by Crippen LogP contribution is 2.46. The average Bonchev–Trinajstić information content (AvgIpc) is 3.10. The van der Waals surface area contributed by atoms with E-state index >= 15 is 0 Å². The number of likely N-dealkylation sites (tertiary alicyclic amines) is 1. The Kier molecular flexibility index (Phi) is 3.85. The van der Waals surface area contributed by atoms with E-state index in [1.807, 2.05) is 13.0 Å². The van der Waals surface area contributed by atoms with Crippen LogP contribution in [-0.2, 0) is 0 Å². The minimum Gasteiger partial charge on any atom is -0.388 e. The van der Waals surface area contributed by atoms with Crippen molar-refractivity contribution in [2.45, 2.75) is 63.1 Å². The van der Waals surface area contributed by atoms with Crippen LogP contribution < -0.4 is 4.90 Å². The van der Waals surface area contributed by atoms with E-state index in [0.29, 0.717) is 12.1 Å². The lowest BCUT2D eigenvalue weighted by Crippen LogP contribution is -2.50. The third-order valence-electron chi connectivity index (χ3n) is 6.11. The minimum absolute atomic E-state index is 0.154. The van der Waals surface area contributed by atoms with Crippen molar-refractivity contribution in [3.05, 3.63) is 29.6 Å². The van der Waals surface area contributed by atoms with E-state index < -0.39 is 0 Å². The number of anilines is 1. The molecular formula is C19H27FN2O. The summed E-state index contributed by atoms with van der Waals surface area (Å²) in [6.07, 6.45) is 6.65. The monoisotopic (exact) mass is 318 g/mol. The second-order valence-corrected chi connectivity index (χ2v) is 7.65. The molecule has 4 rings (SSSR count). The lowest BCUT2D eigenvalue weighted by Gasteiger charge is -2.41. The Morgan fingerprint density at radius 3 is 2.52 bits per heavy atom. The van der Waals surface area contributed by atoms with Crippen LogP contribution in [0.5, 0.6) is 0 Å². The van der Waals surface area contributed by atoms with Crippen molar-refractivity contribution in [3.8, 4) is 0 Å². The van der Waals surface area contributed by atoms with Crippen molar-refractivity contribution in [1.29, 1.82) is 0 Å². The van der Waals surface area contributed by atoms with Crippen LogP contribution in [0, 0.1) is 12.7 Å². The average molecular weight is 318 g/mol. The van der Waals surface area contributed by atoms with Gasteiger partial charge >= 0.3 is 0 Å². The summed E-state index contributed by atoms with van der Waals surface area (Å²) in [6.45, 7) is 5.19. The van der Waals surface area contributed by atoms with Gasteiger partial charge in [0.1, 0.15) is 5.82 Å². The van der Waals surface area contributed by atoms with Crippen molar-refractivity contribution in [2.24, 2.45) is 0 Å². The molecule has 1 aliphatic carbocycles. The fourth-order valence-corrected chi connectivity index (χ4v) is 4.68. The van der Waals surface area contributed by atoms with Crippen LogP contribution in [0.15, 0.2) is 18.2 Å².